The second-order valence-electron chi connectivity index (χ2n) is 6.06. The van der Waals surface area contributed by atoms with Gasteiger partial charge in [0.25, 0.3) is 5.91 Å². The van der Waals surface area contributed by atoms with Gasteiger partial charge in [-0.1, -0.05) is 12.1 Å². The van der Waals surface area contributed by atoms with E-state index in [4.69, 9.17) is 4.74 Å². The fourth-order valence-corrected chi connectivity index (χ4v) is 3.27. The van der Waals surface area contributed by atoms with E-state index < -0.39 is 0 Å². The number of anilines is 1. The van der Waals surface area contributed by atoms with Crippen molar-refractivity contribution in [2.45, 2.75) is 0 Å². The molecule has 0 saturated carbocycles. The molecule has 1 saturated heterocycles. The lowest BCUT2D eigenvalue weighted by Crippen LogP contribution is -2.48. The number of pyridine rings is 1. The number of nitrogens with zero attached hydrogens (tertiary/aromatic N) is 4. The molecule has 0 aliphatic carbocycles. The molecule has 0 N–H and O–H groups in total. The van der Waals surface area contributed by atoms with Gasteiger partial charge in [-0.3, -0.25) is 4.79 Å². The van der Waals surface area contributed by atoms with Gasteiger partial charge in [-0.2, -0.15) is 0 Å². The van der Waals surface area contributed by atoms with E-state index >= 15 is 0 Å². The number of ether oxygens (including phenoxy) is 1. The number of aromatic nitrogens is 2. The Labute approximate surface area is 146 Å². The summed E-state index contributed by atoms with van der Waals surface area (Å²) in [4.78, 5) is 21.2. The number of hydrogen-bond acceptors (Lipinski definition) is 4. The number of methoxy groups -OCH3 is 1. The van der Waals surface area contributed by atoms with Gasteiger partial charge in [0, 0.05) is 44.8 Å². The van der Waals surface area contributed by atoms with Crippen LogP contribution in [0.15, 0.2) is 55.0 Å². The van der Waals surface area contributed by atoms with Crippen molar-refractivity contribution in [3.05, 3.63) is 60.6 Å². The van der Waals surface area contributed by atoms with E-state index in [0.717, 1.165) is 30.2 Å². The number of rotatable bonds is 3. The number of amides is 1. The highest BCUT2D eigenvalue weighted by Crippen LogP contribution is 2.28. The summed E-state index contributed by atoms with van der Waals surface area (Å²) >= 11 is 0. The van der Waals surface area contributed by atoms with Crippen LogP contribution in [0.5, 0.6) is 5.75 Å². The van der Waals surface area contributed by atoms with Crippen LogP contribution >= 0.6 is 0 Å². The molecule has 0 atom stereocenters. The van der Waals surface area contributed by atoms with Crippen molar-refractivity contribution in [2.24, 2.45) is 0 Å². The van der Waals surface area contributed by atoms with E-state index in [0.29, 0.717) is 18.7 Å². The molecule has 0 spiro atoms. The summed E-state index contributed by atoms with van der Waals surface area (Å²) in [5.41, 5.74) is 2.62. The van der Waals surface area contributed by atoms with Crippen molar-refractivity contribution in [3.63, 3.8) is 0 Å². The maximum Gasteiger partial charge on any atom is 0.255 e. The van der Waals surface area contributed by atoms with Crippen molar-refractivity contribution < 1.29 is 9.53 Å². The summed E-state index contributed by atoms with van der Waals surface area (Å²) in [6.07, 6.45) is 5.43. The first kappa shape index (κ1) is 15.5. The third-order valence-electron chi connectivity index (χ3n) is 4.63. The standard InChI is InChI=1S/C19H20N4O2/c1-25-17-5-3-2-4-16(17)21-10-12-22(13-11-21)19(24)15-6-7-18-20-8-9-23(18)14-15/h2-9,14H,10-13H2,1H3. The highest BCUT2D eigenvalue weighted by atomic mass is 16.5. The minimum absolute atomic E-state index is 0.0651. The second-order valence-corrected chi connectivity index (χ2v) is 6.06. The predicted molar refractivity (Wildman–Crippen MR) is 96.3 cm³/mol. The van der Waals surface area contributed by atoms with Gasteiger partial charge >= 0.3 is 0 Å². The Morgan fingerprint density at radius 2 is 1.88 bits per heavy atom. The lowest BCUT2D eigenvalue weighted by molar-refractivity contribution is 0.0746. The monoisotopic (exact) mass is 336 g/mol. The van der Waals surface area contributed by atoms with E-state index in [1.165, 1.54) is 0 Å². The van der Waals surface area contributed by atoms with Crippen LogP contribution in [0.3, 0.4) is 0 Å². The van der Waals surface area contributed by atoms with E-state index in [1.807, 2.05) is 52.0 Å². The van der Waals surface area contributed by atoms with Gasteiger partial charge in [-0.15, -0.1) is 0 Å². The minimum atomic E-state index is 0.0651. The van der Waals surface area contributed by atoms with Crippen LogP contribution in [0.1, 0.15) is 10.4 Å². The molecule has 1 amide bonds. The molecule has 3 aromatic rings. The molecule has 4 rings (SSSR count). The number of imidazole rings is 1. The molecule has 1 fully saturated rings. The van der Waals surface area contributed by atoms with E-state index in [1.54, 1.807) is 13.3 Å². The fraction of sp³-hybridized carbons (Fsp3) is 0.263. The van der Waals surface area contributed by atoms with Gasteiger partial charge in [0.1, 0.15) is 11.4 Å². The Balaban J connectivity index is 1.46. The maximum atomic E-state index is 12.8. The van der Waals surface area contributed by atoms with Gasteiger partial charge in [-0.25, -0.2) is 4.98 Å². The van der Waals surface area contributed by atoms with E-state index in [-0.39, 0.29) is 5.91 Å². The molecule has 1 aliphatic heterocycles. The Bertz CT molecular complexity index is 897. The highest BCUT2D eigenvalue weighted by molar-refractivity contribution is 5.94. The zero-order chi connectivity index (χ0) is 17.2. The lowest BCUT2D eigenvalue weighted by atomic mass is 10.2. The number of hydrogen-bond donors (Lipinski definition) is 0. The van der Waals surface area contributed by atoms with Crippen LogP contribution in [0.2, 0.25) is 0 Å². The molecule has 2 aromatic heterocycles. The Morgan fingerprint density at radius 3 is 2.68 bits per heavy atom. The zero-order valence-corrected chi connectivity index (χ0v) is 14.1. The number of carbonyl (C=O) groups excluding carboxylic acids is 1. The zero-order valence-electron chi connectivity index (χ0n) is 14.1. The molecule has 1 aromatic carbocycles. The normalized spacial score (nSPS) is 14.8. The largest absolute Gasteiger partial charge is 0.495 e. The lowest BCUT2D eigenvalue weighted by Gasteiger charge is -2.36. The third-order valence-corrected chi connectivity index (χ3v) is 4.63. The summed E-state index contributed by atoms with van der Waals surface area (Å²) in [6.45, 7) is 2.97. The molecule has 1 aliphatic rings. The summed E-state index contributed by atoms with van der Waals surface area (Å²) in [7, 11) is 1.69. The molecular formula is C19H20N4O2. The number of fused-ring (bicyclic) bond motifs is 1. The summed E-state index contributed by atoms with van der Waals surface area (Å²) in [6, 6.07) is 11.7. The van der Waals surface area contributed by atoms with Crippen molar-refractivity contribution in [1.82, 2.24) is 14.3 Å². The van der Waals surface area contributed by atoms with Crippen molar-refractivity contribution >= 4 is 17.2 Å². The number of carbonyl (C=O) groups is 1. The van der Waals surface area contributed by atoms with E-state index in [9.17, 15) is 4.79 Å². The number of piperazine rings is 1. The van der Waals surface area contributed by atoms with Gasteiger partial charge in [0.15, 0.2) is 0 Å². The average Bonchev–Trinajstić information content (AvgIpc) is 3.15. The second kappa shape index (κ2) is 6.47. The van der Waals surface area contributed by atoms with Crippen molar-refractivity contribution in [1.29, 1.82) is 0 Å². The fourth-order valence-electron chi connectivity index (χ4n) is 3.27. The molecule has 0 unspecified atom stereocenters. The molecule has 128 valence electrons. The van der Waals surface area contributed by atoms with Crippen LogP contribution < -0.4 is 9.64 Å². The first-order valence-corrected chi connectivity index (χ1v) is 8.36. The summed E-state index contributed by atoms with van der Waals surface area (Å²) < 4.78 is 7.32. The Morgan fingerprint density at radius 1 is 1.08 bits per heavy atom. The molecule has 3 heterocycles. The first-order valence-electron chi connectivity index (χ1n) is 8.36. The van der Waals surface area contributed by atoms with Crippen molar-refractivity contribution in [3.8, 4) is 5.75 Å². The summed E-state index contributed by atoms with van der Waals surface area (Å²) in [5, 5.41) is 0. The molecule has 6 nitrogen and oxygen atoms in total. The van der Waals surface area contributed by atoms with Crippen molar-refractivity contribution in [2.75, 3.05) is 38.2 Å². The Hall–Kier alpha value is -3.02. The van der Waals surface area contributed by atoms with Crippen LogP contribution in [-0.4, -0.2) is 53.5 Å². The Kier molecular flexibility index (Phi) is 4.01. The quantitative estimate of drug-likeness (QED) is 0.736. The van der Waals surface area contributed by atoms with Gasteiger partial charge in [0.2, 0.25) is 0 Å². The topological polar surface area (TPSA) is 50.1 Å². The molecule has 0 radical (unpaired) electrons. The van der Waals surface area contributed by atoms with Crippen LogP contribution in [0.25, 0.3) is 5.65 Å². The third kappa shape index (κ3) is 2.91. The molecule has 0 bridgehead atoms. The van der Waals surface area contributed by atoms with Gasteiger partial charge in [-0.05, 0) is 24.3 Å². The maximum absolute atomic E-state index is 12.8. The van der Waals surface area contributed by atoms with Crippen LogP contribution in [-0.2, 0) is 0 Å². The molecule has 6 heteroatoms. The SMILES string of the molecule is COc1ccccc1N1CCN(C(=O)c2ccc3nccn3c2)CC1. The van der Waals surface area contributed by atoms with E-state index in [2.05, 4.69) is 16.0 Å². The van der Waals surface area contributed by atoms with Gasteiger partial charge < -0.3 is 18.9 Å². The summed E-state index contributed by atoms with van der Waals surface area (Å²) in [5.74, 6) is 0.933. The molecule has 25 heavy (non-hydrogen) atoms. The van der Waals surface area contributed by atoms with Crippen LogP contribution in [0.4, 0.5) is 5.69 Å². The first-order chi connectivity index (χ1) is 12.3. The predicted octanol–water partition coefficient (Wildman–Crippen LogP) is 2.31. The highest BCUT2D eigenvalue weighted by Gasteiger charge is 2.23. The number of para-hydroxylation sites is 2. The van der Waals surface area contributed by atoms with Gasteiger partial charge in [0.05, 0.1) is 18.4 Å². The molecular weight excluding hydrogens is 316 g/mol. The van der Waals surface area contributed by atoms with Crippen LogP contribution in [0, 0.1) is 0 Å². The minimum Gasteiger partial charge on any atom is -0.495 e. The smallest absolute Gasteiger partial charge is 0.255 e. The average molecular weight is 336 g/mol. The number of benzene rings is 1.